The number of hydrogen-bond acceptors (Lipinski definition) is 2. The number of carboxylic acid groups (broad SMARTS) is 1. The summed E-state index contributed by atoms with van der Waals surface area (Å²) in [5.41, 5.74) is 0. The largest absolute Gasteiger partial charge is 0.481 e. The van der Waals surface area contributed by atoms with Crippen molar-refractivity contribution in [2.45, 2.75) is 39.2 Å². The van der Waals surface area contributed by atoms with Gasteiger partial charge in [-0.1, -0.05) is 20.3 Å². The molecule has 13 heavy (non-hydrogen) atoms. The number of rotatable bonds is 7. The first kappa shape index (κ1) is 11.9. The van der Waals surface area contributed by atoms with Gasteiger partial charge in [0, 0.05) is 6.04 Å². The molecule has 0 saturated heterocycles. The van der Waals surface area contributed by atoms with E-state index in [0.717, 1.165) is 12.8 Å². The lowest BCUT2D eigenvalue weighted by molar-refractivity contribution is -0.137. The van der Waals surface area contributed by atoms with Gasteiger partial charge < -0.3 is 10.4 Å². The third-order valence-corrected chi connectivity index (χ3v) is 2.11. The van der Waals surface area contributed by atoms with Crippen LogP contribution in [0.2, 0.25) is 0 Å². The van der Waals surface area contributed by atoms with Crippen LogP contribution in [-0.2, 0) is 9.59 Å². The van der Waals surface area contributed by atoms with E-state index in [1.165, 1.54) is 0 Å². The molecular formula is C9H17NO3. The molecule has 0 radical (unpaired) electrons. The van der Waals surface area contributed by atoms with Crippen LogP contribution in [0, 0.1) is 5.92 Å². The van der Waals surface area contributed by atoms with Crippen LogP contribution < -0.4 is 5.32 Å². The number of aliphatic carboxylic acids is 1. The number of carbonyl (C=O) groups excluding carboxylic acids is 1. The number of amides is 1. The summed E-state index contributed by atoms with van der Waals surface area (Å²) in [6.07, 6.45) is 2.50. The van der Waals surface area contributed by atoms with Gasteiger partial charge in [0.2, 0.25) is 6.41 Å². The lowest BCUT2D eigenvalue weighted by atomic mass is 9.94. The van der Waals surface area contributed by atoms with E-state index in [0.29, 0.717) is 6.41 Å². The minimum absolute atomic E-state index is 0.0000926. The van der Waals surface area contributed by atoms with Crippen molar-refractivity contribution in [1.82, 2.24) is 5.32 Å². The predicted octanol–water partition coefficient (Wildman–Crippen LogP) is 1.01. The summed E-state index contributed by atoms with van der Waals surface area (Å²) in [6.45, 7) is 3.99. The van der Waals surface area contributed by atoms with Crippen LogP contribution >= 0.6 is 0 Å². The first-order valence-corrected chi connectivity index (χ1v) is 4.53. The SMILES string of the molecule is CCCC(C)C(CC(=O)O)NC=O. The summed E-state index contributed by atoms with van der Waals surface area (Å²) in [7, 11) is 0. The highest BCUT2D eigenvalue weighted by Crippen LogP contribution is 2.12. The fourth-order valence-corrected chi connectivity index (χ4v) is 1.36. The lowest BCUT2D eigenvalue weighted by Crippen LogP contribution is -2.36. The Labute approximate surface area is 78.3 Å². The maximum Gasteiger partial charge on any atom is 0.305 e. The molecule has 0 heterocycles. The van der Waals surface area contributed by atoms with Crippen LogP contribution in [0.1, 0.15) is 33.1 Å². The van der Waals surface area contributed by atoms with Crippen molar-refractivity contribution in [3.8, 4) is 0 Å². The Morgan fingerprint density at radius 2 is 2.23 bits per heavy atom. The van der Waals surface area contributed by atoms with Gasteiger partial charge in [-0.25, -0.2) is 0 Å². The Balaban J connectivity index is 4.04. The highest BCUT2D eigenvalue weighted by molar-refractivity contribution is 5.68. The van der Waals surface area contributed by atoms with Gasteiger partial charge in [-0.3, -0.25) is 9.59 Å². The van der Waals surface area contributed by atoms with Gasteiger partial charge in [-0.05, 0) is 12.3 Å². The Kier molecular flexibility index (Phi) is 5.93. The molecular weight excluding hydrogens is 170 g/mol. The zero-order valence-corrected chi connectivity index (χ0v) is 8.12. The molecule has 0 aliphatic carbocycles. The molecule has 2 atom stereocenters. The maximum atomic E-state index is 10.4. The number of nitrogens with one attached hydrogen (secondary N) is 1. The van der Waals surface area contributed by atoms with Crippen LogP contribution in [0.15, 0.2) is 0 Å². The van der Waals surface area contributed by atoms with Gasteiger partial charge in [0.25, 0.3) is 0 Å². The quantitative estimate of drug-likeness (QED) is 0.584. The third-order valence-electron chi connectivity index (χ3n) is 2.11. The lowest BCUT2D eigenvalue weighted by Gasteiger charge is -2.20. The molecule has 0 aliphatic heterocycles. The van der Waals surface area contributed by atoms with E-state index in [2.05, 4.69) is 5.32 Å². The Morgan fingerprint density at radius 3 is 2.62 bits per heavy atom. The molecule has 0 saturated carbocycles. The summed E-state index contributed by atoms with van der Waals surface area (Å²) in [5, 5.41) is 11.1. The van der Waals surface area contributed by atoms with Gasteiger partial charge in [-0.15, -0.1) is 0 Å². The van der Waals surface area contributed by atoms with Crippen molar-refractivity contribution in [2.75, 3.05) is 0 Å². The normalized spacial score (nSPS) is 14.6. The van der Waals surface area contributed by atoms with Gasteiger partial charge in [0.15, 0.2) is 0 Å². The molecule has 0 bridgehead atoms. The van der Waals surface area contributed by atoms with E-state index in [1.807, 2.05) is 13.8 Å². The Morgan fingerprint density at radius 1 is 1.62 bits per heavy atom. The van der Waals surface area contributed by atoms with Crippen LogP contribution in [0.3, 0.4) is 0 Å². The fraction of sp³-hybridized carbons (Fsp3) is 0.778. The third kappa shape index (κ3) is 5.22. The topological polar surface area (TPSA) is 66.4 Å². The molecule has 2 N–H and O–H groups in total. The summed E-state index contributed by atoms with van der Waals surface area (Å²) in [6, 6.07) is -0.241. The molecule has 0 aromatic rings. The molecule has 0 aromatic carbocycles. The van der Waals surface area contributed by atoms with Gasteiger partial charge in [0.1, 0.15) is 0 Å². The standard InChI is InChI=1S/C9H17NO3/c1-3-4-7(2)8(10-6-11)5-9(12)13/h6-8H,3-5H2,1-2H3,(H,10,11)(H,12,13). The minimum atomic E-state index is -0.873. The minimum Gasteiger partial charge on any atom is -0.481 e. The predicted molar refractivity (Wildman–Crippen MR) is 49.3 cm³/mol. The Hall–Kier alpha value is -1.06. The van der Waals surface area contributed by atoms with E-state index in [1.54, 1.807) is 0 Å². The van der Waals surface area contributed by atoms with Crippen molar-refractivity contribution >= 4 is 12.4 Å². The number of carbonyl (C=O) groups is 2. The molecule has 0 spiro atoms. The fourth-order valence-electron chi connectivity index (χ4n) is 1.36. The van der Waals surface area contributed by atoms with Gasteiger partial charge in [0.05, 0.1) is 6.42 Å². The molecule has 0 rings (SSSR count). The number of carboxylic acids is 1. The monoisotopic (exact) mass is 187 g/mol. The van der Waals surface area contributed by atoms with Gasteiger partial charge in [-0.2, -0.15) is 0 Å². The van der Waals surface area contributed by atoms with Crippen molar-refractivity contribution < 1.29 is 14.7 Å². The van der Waals surface area contributed by atoms with E-state index in [-0.39, 0.29) is 18.4 Å². The number of hydrogen-bond donors (Lipinski definition) is 2. The highest BCUT2D eigenvalue weighted by Gasteiger charge is 2.18. The van der Waals surface area contributed by atoms with E-state index in [4.69, 9.17) is 5.11 Å². The molecule has 2 unspecified atom stereocenters. The molecule has 76 valence electrons. The summed E-state index contributed by atoms with van der Waals surface area (Å²) in [4.78, 5) is 20.6. The summed E-state index contributed by atoms with van der Waals surface area (Å²) < 4.78 is 0. The summed E-state index contributed by atoms with van der Waals surface area (Å²) >= 11 is 0. The maximum absolute atomic E-state index is 10.4. The molecule has 4 heteroatoms. The van der Waals surface area contributed by atoms with Crippen LogP contribution in [0.25, 0.3) is 0 Å². The smallest absolute Gasteiger partial charge is 0.305 e. The van der Waals surface area contributed by atoms with Crippen molar-refractivity contribution in [1.29, 1.82) is 0 Å². The van der Waals surface area contributed by atoms with E-state index >= 15 is 0 Å². The van der Waals surface area contributed by atoms with Crippen molar-refractivity contribution in [3.05, 3.63) is 0 Å². The molecule has 0 aromatic heterocycles. The first-order chi connectivity index (χ1) is 6.11. The average Bonchev–Trinajstić information content (AvgIpc) is 2.03. The zero-order chi connectivity index (χ0) is 10.3. The van der Waals surface area contributed by atoms with Gasteiger partial charge >= 0.3 is 5.97 Å². The molecule has 0 aliphatic rings. The van der Waals surface area contributed by atoms with Crippen molar-refractivity contribution in [3.63, 3.8) is 0 Å². The average molecular weight is 187 g/mol. The van der Waals surface area contributed by atoms with Crippen LogP contribution in [0.5, 0.6) is 0 Å². The summed E-state index contributed by atoms with van der Waals surface area (Å²) in [5.74, 6) is -0.659. The second kappa shape index (κ2) is 6.46. The zero-order valence-electron chi connectivity index (χ0n) is 8.12. The molecule has 4 nitrogen and oxygen atoms in total. The van der Waals surface area contributed by atoms with E-state index in [9.17, 15) is 9.59 Å². The first-order valence-electron chi connectivity index (χ1n) is 4.53. The van der Waals surface area contributed by atoms with E-state index < -0.39 is 5.97 Å². The van der Waals surface area contributed by atoms with Crippen molar-refractivity contribution in [2.24, 2.45) is 5.92 Å². The van der Waals surface area contributed by atoms with Crippen LogP contribution in [0.4, 0.5) is 0 Å². The highest BCUT2D eigenvalue weighted by atomic mass is 16.4. The molecule has 0 fully saturated rings. The second-order valence-corrected chi connectivity index (χ2v) is 3.25. The van der Waals surface area contributed by atoms with Crippen LogP contribution in [-0.4, -0.2) is 23.5 Å². The molecule has 1 amide bonds. The second-order valence-electron chi connectivity index (χ2n) is 3.25. The Bertz CT molecular complexity index is 170.